The van der Waals surface area contributed by atoms with E-state index < -0.39 is 6.10 Å². The van der Waals surface area contributed by atoms with Gasteiger partial charge in [-0.3, -0.25) is 0 Å². The molecule has 2 nitrogen and oxygen atoms in total. The van der Waals surface area contributed by atoms with Crippen LogP contribution < -0.4 is 5.73 Å². The minimum atomic E-state index is -0.568. The van der Waals surface area contributed by atoms with Crippen LogP contribution in [0.25, 0.3) is 11.1 Å². The van der Waals surface area contributed by atoms with Crippen molar-refractivity contribution in [3.63, 3.8) is 0 Å². The predicted octanol–water partition coefficient (Wildman–Crippen LogP) is 2.91. The fraction of sp³-hybridized carbons (Fsp3) is 0.250. The Morgan fingerprint density at radius 1 is 0.944 bits per heavy atom. The third-order valence-electron chi connectivity index (χ3n) is 3.21. The normalized spacial score (nSPS) is 12.4. The van der Waals surface area contributed by atoms with Crippen molar-refractivity contribution in [1.29, 1.82) is 0 Å². The first-order valence-electron chi connectivity index (χ1n) is 6.32. The van der Waals surface area contributed by atoms with Gasteiger partial charge in [0.2, 0.25) is 0 Å². The summed E-state index contributed by atoms with van der Waals surface area (Å²) in [5.74, 6) is 0. The molecule has 0 bridgehead atoms. The van der Waals surface area contributed by atoms with Crippen LogP contribution in [0.15, 0.2) is 48.5 Å². The summed E-state index contributed by atoms with van der Waals surface area (Å²) < 4.78 is 0. The highest BCUT2D eigenvalue weighted by molar-refractivity contribution is 5.64. The number of aliphatic hydroxyl groups excluding tert-OH is 1. The molecule has 0 heterocycles. The third kappa shape index (κ3) is 2.78. The van der Waals surface area contributed by atoms with Crippen molar-refractivity contribution in [2.24, 2.45) is 5.73 Å². The van der Waals surface area contributed by atoms with Crippen LogP contribution in [0, 0.1) is 0 Å². The molecule has 0 spiro atoms. The molecule has 1 unspecified atom stereocenters. The van der Waals surface area contributed by atoms with Crippen LogP contribution in [0.2, 0.25) is 0 Å². The van der Waals surface area contributed by atoms with Crippen LogP contribution in [-0.2, 0) is 6.42 Å². The Morgan fingerprint density at radius 2 is 1.44 bits per heavy atom. The fourth-order valence-corrected chi connectivity index (χ4v) is 1.97. The molecule has 0 saturated heterocycles. The predicted molar refractivity (Wildman–Crippen MR) is 75.3 cm³/mol. The van der Waals surface area contributed by atoms with Gasteiger partial charge in [-0.15, -0.1) is 0 Å². The summed E-state index contributed by atoms with van der Waals surface area (Å²) >= 11 is 0. The molecule has 0 aliphatic carbocycles. The molecule has 2 heteroatoms. The molecule has 2 aromatic rings. The second-order valence-corrected chi connectivity index (χ2v) is 4.42. The Balaban J connectivity index is 2.22. The van der Waals surface area contributed by atoms with E-state index in [0.29, 0.717) is 0 Å². The van der Waals surface area contributed by atoms with Crippen molar-refractivity contribution < 1.29 is 5.11 Å². The minimum Gasteiger partial charge on any atom is -0.387 e. The fourth-order valence-electron chi connectivity index (χ4n) is 1.97. The van der Waals surface area contributed by atoms with E-state index in [0.717, 1.165) is 17.5 Å². The van der Waals surface area contributed by atoms with Crippen molar-refractivity contribution in [3.05, 3.63) is 59.7 Å². The van der Waals surface area contributed by atoms with Crippen LogP contribution in [0.3, 0.4) is 0 Å². The molecular formula is C16H19NO. The molecule has 2 aromatic carbocycles. The average molecular weight is 241 g/mol. The van der Waals surface area contributed by atoms with E-state index in [9.17, 15) is 5.11 Å². The molecular weight excluding hydrogens is 222 g/mol. The van der Waals surface area contributed by atoms with E-state index in [1.54, 1.807) is 0 Å². The zero-order chi connectivity index (χ0) is 13.0. The van der Waals surface area contributed by atoms with E-state index >= 15 is 0 Å². The van der Waals surface area contributed by atoms with Crippen molar-refractivity contribution in [1.82, 2.24) is 0 Å². The maximum Gasteiger partial charge on any atom is 0.0912 e. The third-order valence-corrected chi connectivity index (χ3v) is 3.21. The smallest absolute Gasteiger partial charge is 0.0912 e. The van der Waals surface area contributed by atoms with Gasteiger partial charge < -0.3 is 10.8 Å². The summed E-state index contributed by atoms with van der Waals surface area (Å²) in [5, 5.41) is 9.63. The summed E-state index contributed by atoms with van der Waals surface area (Å²) in [6, 6.07) is 16.5. The van der Waals surface area contributed by atoms with Gasteiger partial charge in [0.15, 0.2) is 0 Å². The number of hydrogen-bond donors (Lipinski definition) is 2. The van der Waals surface area contributed by atoms with Crippen molar-refractivity contribution in [2.45, 2.75) is 19.4 Å². The Kier molecular flexibility index (Phi) is 4.13. The van der Waals surface area contributed by atoms with Crippen LogP contribution in [0.1, 0.15) is 24.2 Å². The number of hydrogen-bond acceptors (Lipinski definition) is 2. The first kappa shape index (κ1) is 12.8. The highest BCUT2D eigenvalue weighted by Gasteiger charge is 2.05. The van der Waals surface area contributed by atoms with E-state index in [4.69, 9.17) is 5.73 Å². The molecule has 18 heavy (non-hydrogen) atoms. The van der Waals surface area contributed by atoms with Gasteiger partial charge in [-0.05, 0) is 28.7 Å². The monoisotopic (exact) mass is 241 g/mol. The molecule has 0 fully saturated rings. The Labute approximate surface area is 108 Å². The lowest BCUT2D eigenvalue weighted by Gasteiger charge is -2.09. The number of nitrogens with two attached hydrogens (primary N) is 1. The van der Waals surface area contributed by atoms with Gasteiger partial charge in [-0.2, -0.15) is 0 Å². The summed E-state index contributed by atoms with van der Waals surface area (Å²) in [5.41, 5.74) is 10.00. The highest BCUT2D eigenvalue weighted by atomic mass is 16.3. The molecule has 0 amide bonds. The molecule has 0 aromatic heterocycles. The number of benzene rings is 2. The molecule has 0 saturated carbocycles. The van der Waals surface area contributed by atoms with Gasteiger partial charge >= 0.3 is 0 Å². The molecule has 0 aliphatic rings. The van der Waals surface area contributed by atoms with Gasteiger partial charge in [0.05, 0.1) is 6.10 Å². The SMILES string of the molecule is CCc1ccc(-c2ccc(C(O)CN)cc2)cc1. The minimum absolute atomic E-state index is 0.255. The average Bonchev–Trinajstić information content (AvgIpc) is 2.47. The van der Waals surface area contributed by atoms with Crippen molar-refractivity contribution >= 4 is 0 Å². The van der Waals surface area contributed by atoms with Crippen molar-refractivity contribution in [2.75, 3.05) is 6.54 Å². The first-order valence-corrected chi connectivity index (χ1v) is 6.32. The standard InChI is InChI=1S/C16H19NO/c1-2-12-3-5-13(6-4-12)14-7-9-15(10-8-14)16(18)11-17/h3-10,16,18H,2,11,17H2,1H3. The second kappa shape index (κ2) is 5.80. The van der Waals surface area contributed by atoms with E-state index in [1.165, 1.54) is 11.1 Å². The summed E-state index contributed by atoms with van der Waals surface area (Å²) in [7, 11) is 0. The second-order valence-electron chi connectivity index (χ2n) is 4.42. The van der Waals surface area contributed by atoms with Crippen LogP contribution in [-0.4, -0.2) is 11.7 Å². The van der Waals surface area contributed by atoms with Gasteiger partial charge in [-0.1, -0.05) is 55.5 Å². The van der Waals surface area contributed by atoms with Crippen LogP contribution >= 0.6 is 0 Å². The van der Waals surface area contributed by atoms with Gasteiger partial charge in [0, 0.05) is 6.54 Å². The Bertz CT molecular complexity index is 488. The maximum atomic E-state index is 9.63. The first-order chi connectivity index (χ1) is 8.74. The number of aryl methyl sites for hydroxylation is 1. The van der Waals surface area contributed by atoms with Crippen LogP contribution in [0.5, 0.6) is 0 Å². The number of aliphatic hydroxyl groups is 1. The zero-order valence-electron chi connectivity index (χ0n) is 10.6. The lowest BCUT2D eigenvalue weighted by Crippen LogP contribution is -2.11. The highest BCUT2D eigenvalue weighted by Crippen LogP contribution is 2.22. The van der Waals surface area contributed by atoms with Gasteiger partial charge in [0.25, 0.3) is 0 Å². The largest absolute Gasteiger partial charge is 0.387 e. The lowest BCUT2D eigenvalue weighted by atomic mass is 10.0. The molecule has 0 radical (unpaired) electrons. The quantitative estimate of drug-likeness (QED) is 0.864. The molecule has 3 N–H and O–H groups in total. The molecule has 94 valence electrons. The topological polar surface area (TPSA) is 46.2 Å². The summed E-state index contributed by atoms with van der Waals surface area (Å²) in [4.78, 5) is 0. The summed E-state index contributed by atoms with van der Waals surface area (Å²) in [6.45, 7) is 2.41. The van der Waals surface area contributed by atoms with Gasteiger partial charge in [-0.25, -0.2) is 0 Å². The van der Waals surface area contributed by atoms with Gasteiger partial charge in [0.1, 0.15) is 0 Å². The van der Waals surface area contributed by atoms with E-state index in [2.05, 4.69) is 31.2 Å². The van der Waals surface area contributed by atoms with E-state index in [1.807, 2.05) is 24.3 Å². The lowest BCUT2D eigenvalue weighted by molar-refractivity contribution is 0.187. The van der Waals surface area contributed by atoms with Crippen molar-refractivity contribution in [3.8, 4) is 11.1 Å². The van der Waals surface area contributed by atoms with Crippen LogP contribution in [0.4, 0.5) is 0 Å². The molecule has 0 aliphatic heterocycles. The summed E-state index contributed by atoms with van der Waals surface area (Å²) in [6.07, 6.45) is 0.489. The van der Waals surface area contributed by atoms with E-state index in [-0.39, 0.29) is 6.54 Å². The number of rotatable bonds is 4. The Hall–Kier alpha value is -1.64. The maximum absolute atomic E-state index is 9.63. The zero-order valence-corrected chi connectivity index (χ0v) is 10.6. The molecule has 1 atom stereocenters. The molecule has 2 rings (SSSR count). The Morgan fingerprint density at radius 3 is 1.89 bits per heavy atom.